The molecule has 1 aromatic carbocycles. The summed E-state index contributed by atoms with van der Waals surface area (Å²) in [5.74, 6) is -1.86. The molecular formula is C8H5F3N2O. The summed E-state index contributed by atoms with van der Waals surface area (Å²) in [5, 5.41) is 8.41. The van der Waals surface area contributed by atoms with Crippen molar-refractivity contribution in [2.75, 3.05) is 5.73 Å². The molecule has 0 unspecified atom stereocenters. The largest absolute Gasteiger partial charge is 0.432 e. The van der Waals surface area contributed by atoms with Gasteiger partial charge in [-0.05, 0) is 6.07 Å². The lowest BCUT2D eigenvalue weighted by Crippen LogP contribution is -2.05. The van der Waals surface area contributed by atoms with Gasteiger partial charge in [0.25, 0.3) is 0 Å². The van der Waals surface area contributed by atoms with Crippen LogP contribution in [0.15, 0.2) is 12.1 Å². The fourth-order valence-electron chi connectivity index (χ4n) is 0.882. The van der Waals surface area contributed by atoms with E-state index in [0.717, 1.165) is 12.1 Å². The van der Waals surface area contributed by atoms with Gasteiger partial charge in [-0.15, -0.1) is 0 Å². The smallest absolute Gasteiger partial charge is 0.387 e. The molecule has 0 saturated carbocycles. The van der Waals surface area contributed by atoms with E-state index in [1.807, 2.05) is 0 Å². The van der Waals surface area contributed by atoms with Crippen LogP contribution >= 0.6 is 0 Å². The van der Waals surface area contributed by atoms with Gasteiger partial charge in [0, 0.05) is 11.8 Å². The highest BCUT2D eigenvalue weighted by molar-refractivity contribution is 5.52. The first kappa shape index (κ1) is 10.2. The second kappa shape index (κ2) is 3.87. The molecule has 1 aromatic rings. The molecular weight excluding hydrogens is 197 g/mol. The molecule has 0 aliphatic rings. The number of hydrogen-bond acceptors (Lipinski definition) is 3. The highest BCUT2D eigenvalue weighted by Gasteiger charge is 2.14. The number of nitrogens with two attached hydrogens (primary N) is 1. The van der Waals surface area contributed by atoms with E-state index in [0.29, 0.717) is 0 Å². The number of anilines is 1. The van der Waals surface area contributed by atoms with E-state index in [1.54, 1.807) is 0 Å². The summed E-state index contributed by atoms with van der Waals surface area (Å²) >= 11 is 0. The van der Waals surface area contributed by atoms with Crippen LogP contribution in [-0.2, 0) is 0 Å². The molecule has 0 spiro atoms. The zero-order valence-electron chi connectivity index (χ0n) is 6.80. The van der Waals surface area contributed by atoms with E-state index in [4.69, 9.17) is 11.0 Å². The van der Waals surface area contributed by atoms with Crippen LogP contribution in [0.3, 0.4) is 0 Å². The summed E-state index contributed by atoms with van der Waals surface area (Å²) in [6, 6.07) is 3.40. The van der Waals surface area contributed by atoms with Gasteiger partial charge in [0.1, 0.15) is 6.07 Å². The molecule has 0 amide bonds. The molecule has 6 heteroatoms. The van der Waals surface area contributed by atoms with E-state index in [2.05, 4.69) is 4.74 Å². The van der Waals surface area contributed by atoms with Crippen molar-refractivity contribution in [3.05, 3.63) is 23.5 Å². The molecule has 0 atom stereocenters. The molecule has 0 aliphatic heterocycles. The summed E-state index contributed by atoms with van der Waals surface area (Å²) in [6.45, 7) is -3.15. The van der Waals surface area contributed by atoms with Gasteiger partial charge in [0.2, 0.25) is 0 Å². The van der Waals surface area contributed by atoms with Gasteiger partial charge >= 0.3 is 6.61 Å². The molecule has 74 valence electrons. The molecule has 0 radical (unpaired) electrons. The predicted molar refractivity (Wildman–Crippen MR) is 42.2 cm³/mol. The molecule has 1 rings (SSSR count). The monoisotopic (exact) mass is 202 g/mol. The van der Waals surface area contributed by atoms with Crippen molar-refractivity contribution in [3.8, 4) is 11.8 Å². The Morgan fingerprint density at radius 1 is 1.43 bits per heavy atom. The molecule has 0 heterocycles. The van der Waals surface area contributed by atoms with Gasteiger partial charge in [-0.1, -0.05) is 0 Å². The summed E-state index contributed by atoms with van der Waals surface area (Å²) in [7, 11) is 0. The van der Waals surface area contributed by atoms with E-state index < -0.39 is 23.7 Å². The van der Waals surface area contributed by atoms with Gasteiger partial charge in [0.05, 0.1) is 5.56 Å². The number of benzene rings is 1. The van der Waals surface area contributed by atoms with Crippen LogP contribution in [0.4, 0.5) is 18.9 Å². The molecule has 14 heavy (non-hydrogen) atoms. The van der Waals surface area contributed by atoms with E-state index in [-0.39, 0.29) is 5.69 Å². The Labute approximate surface area is 77.5 Å². The second-order valence-electron chi connectivity index (χ2n) is 2.37. The number of hydrogen-bond donors (Lipinski definition) is 1. The van der Waals surface area contributed by atoms with Crippen molar-refractivity contribution >= 4 is 5.69 Å². The van der Waals surface area contributed by atoms with Crippen LogP contribution in [0.25, 0.3) is 0 Å². The van der Waals surface area contributed by atoms with Crippen molar-refractivity contribution in [1.29, 1.82) is 5.26 Å². The molecule has 0 fully saturated rings. The summed E-state index contributed by atoms with van der Waals surface area (Å²) in [5.41, 5.74) is 4.79. The van der Waals surface area contributed by atoms with E-state index >= 15 is 0 Å². The minimum Gasteiger partial charge on any atom is -0.432 e. The second-order valence-corrected chi connectivity index (χ2v) is 2.37. The summed E-state index contributed by atoms with van der Waals surface area (Å²) < 4.78 is 40.4. The minimum absolute atomic E-state index is 0.0152. The third-order valence-corrected chi connectivity index (χ3v) is 1.40. The molecule has 0 aliphatic carbocycles. The number of ether oxygens (including phenoxy) is 1. The lowest BCUT2D eigenvalue weighted by molar-refractivity contribution is -0.0521. The fraction of sp³-hybridized carbons (Fsp3) is 0.125. The maximum Gasteiger partial charge on any atom is 0.387 e. The first-order valence-electron chi connectivity index (χ1n) is 3.48. The van der Waals surface area contributed by atoms with Crippen LogP contribution < -0.4 is 10.5 Å². The van der Waals surface area contributed by atoms with Crippen LogP contribution in [0.2, 0.25) is 0 Å². The molecule has 0 bridgehead atoms. The third-order valence-electron chi connectivity index (χ3n) is 1.40. The Bertz CT molecular complexity index is 387. The van der Waals surface area contributed by atoms with Gasteiger partial charge in [-0.2, -0.15) is 14.0 Å². The standard InChI is InChI=1S/C8H5F3N2O/c9-7-4(3-12)1-5(13)2-6(7)14-8(10)11/h1-2,8H,13H2. The zero-order chi connectivity index (χ0) is 10.7. The van der Waals surface area contributed by atoms with E-state index in [1.165, 1.54) is 6.07 Å². The first-order valence-corrected chi connectivity index (χ1v) is 3.48. The van der Waals surface area contributed by atoms with Gasteiger partial charge in [0.15, 0.2) is 11.6 Å². The van der Waals surface area contributed by atoms with Gasteiger partial charge < -0.3 is 10.5 Å². The summed E-state index contributed by atoms with van der Waals surface area (Å²) in [4.78, 5) is 0. The Hall–Kier alpha value is -1.90. The molecule has 3 nitrogen and oxygen atoms in total. The summed E-state index contributed by atoms with van der Waals surface area (Å²) in [6.07, 6.45) is 0. The maximum atomic E-state index is 13.1. The average Bonchev–Trinajstić information content (AvgIpc) is 2.09. The topological polar surface area (TPSA) is 59.0 Å². The molecule has 0 saturated heterocycles. The highest BCUT2D eigenvalue weighted by atomic mass is 19.3. The Balaban J connectivity index is 3.17. The van der Waals surface area contributed by atoms with Gasteiger partial charge in [-0.25, -0.2) is 4.39 Å². The number of nitriles is 1. The first-order chi connectivity index (χ1) is 6.54. The zero-order valence-corrected chi connectivity index (χ0v) is 6.80. The van der Waals surface area contributed by atoms with Crippen molar-refractivity contribution in [1.82, 2.24) is 0 Å². The van der Waals surface area contributed by atoms with Gasteiger partial charge in [-0.3, -0.25) is 0 Å². The van der Waals surface area contributed by atoms with Crippen molar-refractivity contribution < 1.29 is 17.9 Å². The number of halogens is 3. The number of nitrogens with zero attached hydrogens (tertiary/aromatic N) is 1. The number of alkyl halides is 2. The van der Waals surface area contributed by atoms with E-state index in [9.17, 15) is 13.2 Å². The number of rotatable bonds is 2. The van der Waals surface area contributed by atoms with Crippen molar-refractivity contribution in [2.45, 2.75) is 6.61 Å². The predicted octanol–water partition coefficient (Wildman–Crippen LogP) is 1.88. The quantitative estimate of drug-likeness (QED) is 0.745. The van der Waals surface area contributed by atoms with Crippen LogP contribution in [0.5, 0.6) is 5.75 Å². The molecule has 0 aromatic heterocycles. The highest BCUT2D eigenvalue weighted by Crippen LogP contribution is 2.25. The lowest BCUT2D eigenvalue weighted by atomic mass is 10.2. The average molecular weight is 202 g/mol. The Kier molecular flexibility index (Phi) is 2.82. The molecule has 2 N–H and O–H groups in total. The fourth-order valence-corrected chi connectivity index (χ4v) is 0.882. The Morgan fingerprint density at radius 2 is 2.07 bits per heavy atom. The van der Waals surface area contributed by atoms with Crippen molar-refractivity contribution in [3.63, 3.8) is 0 Å². The number of nitrogen functional groups attached to an aromatic ring is 1. The van der Waals surface area contributed by atoms with Crippen LogP contribution in [0, 0.1) is 17.1 Å². The van der Waals surface area contributed by atoms with Crippen LogP contribution in [-0.4, -0.2) is 6.61 Å². The Morgan fingerprint density at radius 3 is 2.57 bits per heavy atom. The minimum atomic E-state index is -3.15. The normalized spacial score (nSPS) is 9.93. The maximum absolute atomic E-state index is 13.1. The van der Waals surface area contributed by atoms with Crippen LogP contribution in [0.1, 0.15) is 5.56 Å². The third kappa shape index (κ3) is 2.07. The lowest BCUT2D eigenvalue weighted by Gasteiger charge is -2.07. The van der Waals surface area contributed by atoms with Crippen molar-refractivity contribution in [2.24, 2.45) is 0 Å². The SMILES string of the molecule is N#Cc1cc(N)cc(OC(F)F)c1F.